The summed E-state index contributed by atoms with van der Waals surface area (Å²) in [5.74, 6) is -0.161. The van der Waals surface area contributed by atoms with Gasteiger partial charge in [0.05, 0.1) is 11.1 Å². The van der Waals surface area contributed by atoms with Crippen LogP contribution in [0.4, 0.5) is 10.2 Å². The number of aromatic nitrogens is 3. The highest BCUT2D eigenvalue weighted by atomic mass is 19.1. The summed E-state index contributed by atoms with van der Waals surface area (Å²) in [6.07, 6.45) is 7.39. The third-order valence-corrected chi connectivity index (χ3v) is 3.75. The number of halogens is 1. The first-order chi connectivity index (χ1) is 10.5. The number of aromatic amines is 1. The van der Waals surface area contributed by atoms with Gasteiger partial charge in [-0.1, -0.05) is 18.7 Å². The molecule has 0 amide bonds. The van der Waals surface area contributed by atoms with Gasteiger partial charge in [-0.15, -0.1) is 0 Å². The van der Waals surface area contributed by atoms with E-state index >= 15 is 0 Å². The van der Waals surface area contributed by atoms with Crippen LogP contribution in [-0.2, 0) is 0 Å². The predicted octanol–water partition coefficient (Wildman–Crippen LogP) is 2.98. The molecule has 0 aromatic carbocycles. The van der Waals surface area contributed by atoms with E-state index in [1.807, 2.05) is 37.1 Å². The summed E-state index contributed by atoms with van der Waals surface area (Å²) in [5.41, 5.74) is 8.76. The van der Waals surface area contributed by atoms with Crippen molar-refractivity contribution in [3.63, 3.8) is 0 Å². The van der Waals surface area contributed by atoms with E-state index in [1.54, 1.807) is 6.08 Å². The lowest BCUT2D eigenvalue weighted by atomic mass is 10.0. The molecule has 5 nitrogen and oxygen atoms in total. The fraction of sp³-hybridized carbons (Fsp3) is 0.125. The maximum absolute atomic E-state index is 14.5. The van der Waals surface area contributed by atoms with Gasteiger partial charge >= 0.3 is 0 Å². The molecule has 0 unspecified atom stereocenters. The van der Waals surface area contributed by atoms with E-state index in [2.05, 4.69) is 21.8 Å². The van der Waals surface area contributed by atoms with Gasteiger partial charge in [0.25, 0.3) is 0 Å². The number of nitrogens with one attached hydrogen (secondary N) is 1. The Hall–Kier alpha value is -2.89. The van der Waals surface area contributed by atoms with Crippen molar-refractivity contribution in [2.75, 3.05) is 12.8 Å². The Morgan fingerprint density at radius 3 is 3.00 bits per heavy atom. The van der Waals surface area contributed by atoms with Crippen LogP contribution < -0.4 is 5.73 Å². The van der Waals surface area contributed by atoms with Crippen LogP contribution in [0.15, 0.2) is 48.3 Å². The van der Waals surface area contributed by atoms with Crippen molar-refractivity contribution in [1.82, 2.24) is 20.1 Å². The molecule has 22 heavy (non-hydrogen) atoms. The van der Waals surface area contributed by atoms with Gasteiger partial charge in [0.1, 0.15) is 17.3 Å². The van der Waals surface area contributed by atoms with Gasteiger partial charge in [0.15, 0.2) is 5.65 Å². The summed E-state index contributed by atoms with van der Waals surface area (Å²) >= 11 is 0. The van der Waals surface area contributed by atoms with Crippen molar-refractivity contribution in [1.29, 1.82) is 0 Å². The minimum atomic E-state index is -0.461. The molecule has 0 bridgehead atoms. The number of nitrogens with zero attached hydrogens (tertiary/aromatic N) is 3. The van der Waals surface area contributed by atoms with Crippen LogP contribution >= 0.6 is 0 Å². The third kappa shape index (κ3) is 2.09. The number of pyridine rings is 1. The van der Waals surface area contributed by atoms with E-state index in [1.165, 1.54) is 6.07 Å². The third-order valence-electron chi connectivity index (χ3n) is 3.75. The Morgan fingerprint density at radius 1 is 1.50 bits per heavy atom. The molecule has 0 spiro atoms. The number of likely N-dealkylation sites (N-methyl/N-ethyl adjacent to an activating group) is 1. The van der Waals surface area contributed by atoms with Crippen LogP contribution in [0.5, 0.6) is 0 Å². The van der Waals surface area contributed by atoms with Crippen molar-refractivity contribution in [3.05, 3.63) is 59.9 Å². The second-order valence-electron chi connectivity index (χ2n) is 5.06. The highest BCUT2D eigenvalue weighted by Gasteiger charge is 2.18. The van der Waals surface area contributed by atoms with E-state index in [0.29, 0.717) is 22.4 Å². The lowest BCUT2D eigenvalue weighted by Gasteiger charge is -2.26. The van der Waals surface area contributed by atoms with Gasteiger partial charge in [-0.2, -0.15) is 5.10 Å². The first-order valence-corrected chi connectivity index (χ1v) is 6.78. The molecule has 2 aromatic rings. The van der Waals surface area contributed by atoms with Crippen LogP contribution in [0, 0.1) is 5.82 Å². The molecule has 0 aliphatic carbocycles. The maximum Gasteiger partial charge on any atom is 0.183 e. The molecule has 6 heteroatoms. The highest BCUT2D eigenvalue weighted by Crippen LogP contribution is 2.29. The zero-order chi connectivity index (χ0) is 15.9. The van der Waals surface area contributed by atoms with Crippen LogP contribution in [0.1, 0.15) is 12.6 Å². The largest absolute Gasteiger partial charge is 0.384 e. The van der Waals surface area contributed by atoms with Crippen molar-refractivity contribution in [2.24, 2.45) is 0 Å². The molecule has 0 atom stereocenters. The van der Waals surface area contributed by atoms with Gasteiger partial charge in [-0.05, 0) is 25.1 Å². The lowest BCUT2D eigenvalue weighted by molar-refractivity contribution is 0.534. The van der Waals surface area contributed by atoms with Crippen molar-refractivity contribution < 1.29 is 4.39 Å². The SMILES string of the molecule is C=CC(=C1C=CC=C(C)N1C)c1nc2n[nH]c(N)c2cc1F. The Balaban J connectivity index is 2.24. The summed E-state index contributed by atoms with van der Waals surface area (Å²) in [6.45, 7) is 5.78. The summed E-state index contributed by atoms with van der Waals surface area (Å²) < 4.78 is 14.5. The molecule has 3 heterocycles. The minimum absolute atomic E-state index is 0.204. The predicted molar refractivity (Wildman–Crippen MR) is 86.0 cm³/mol. The second kappa shape index (κ2) is 5.14. The van der Waals surface area contributed by atoms with E-state index in [9.17, 15) is 4.39 Å². The van der Waals surface area contributed by atoms with Crippen molar-refractivity contribution >= 4 is 22.4 Å². The Bertz CT molecular complexity index is 857. The Kier molecular flexibility index (Phi) is 3.29. The number of nitrogens with two attached hydrogens (primary N) is 1. The van der Waals surface area contributed by atoms with E-state index in [0.717, 1.165) is 11.4 Å². The smallest absolute Gasteiger partial charge is 0.183 e. The van der Waals surface area contributed by atoms with Crippen LogP contribution in [0.2, 0.25) is 0 Å². The maximum atomic E-state index is 14.5. The topological polar surface area (TPSA) is 70.8 Å². The molecule has 2 aromatic heterocycles. The monoisotopic (exact) mass is 297 g/mol. The van der Waals surface area contributed by atoms with Gasteiger partial charge in [-0.3, -0.25) is 5.10 Å². The number of hydrogen-bond acceptors (Lipinski definition) is 4. The Morgan fingerprint density at radius 2 is 2.27 bits per heavy atom. The average molecular weight is 297 g/mol. The zero-order valence-corrected chi connectivity index (χ0v) is 12.4. The fourth-order valence-electron chi connectivity index (χ4n) is 2.41. The Labute approximate surface area is 127 Å². The van der Waals surface area contributed by atoms with Gasteiger partial charge in [0, 0.05) is 18.3 Å². The van der Waals surface area contributed by atoms with Crippen molar-refractivity contribution in [2.45, 2.75) is 6.92 Å². The first kappa shape index (κ1) is 14.1. The average Bonchev–Trinajstić information content (AvgIpc) is 2.85. The molecule has 112 valence electrons. The van der Waals surface area contributed by atoms with Crippen LogP contribution in [-0.4, -0.2) is 27.1 Å². The second-order valence-corrected chi connectivity index (χ2v) is 5.06. The molecular weight excluding hydrogens is 281 g/mol. The molecule has 1 aliphatic rings. The molecule has 0 radical (unpaired) electrons. The van der Waals surface area contributed by atoms with Gasteiger partial charge in [-0.25, -0.2) is 9.37 Å². The molecule has 0 saturated carbocycles. The van der Waals surface area contributed by atoms with Crippen LogP contribution in [0.3, 0.4) is 0 Å². The summed E-state index contributed by atoms with van der Waals surface area (Å²) in [6, 6.07) is 1.34. The van der Waals surface area contributed by atoms with E-state index in [4.69, 9.17) is 5.73 Å². The number of fused-ring (bicyclic) bond motifs is 1. The van der Waals surface area contributed by atoms with Gasteiger partial charge in [0.2, 0.25) is 0 Å². The summed E-state index contributed by atoms with van der Waals surface area (Å²) in [5, 5.41) is 7.07. The van der Waals surface area contributed by atoms with E-state index in [-0.39, 0.29) is 5.69 Å². The quantitative estimate of drug-likeness (QED) is 0.894. The van der Waals surface area contributed by atoms with Gasteiger partial charge < -0.3 is 10.6 Å². The number of hydrogen-bond donors (Lipinski definition) is 2. The number of allylic oxidation sites excluding steroid dienone is 6. The zero-order valence-electron chi connectivity index (χ0n) is 12.4. The number of nitrogen functional groups attached to an aromatic ring is 1. The summed E-state index contributed by atoms with van der Waals surface area (Å²) in [7, 11) is 1.91. The standard InChI is InChI=1S/C16H16FN5/c1-4-10(13-7-5-6-9(2)22(13)3)14-12(17)8-11-15(18)20-21-16(11)19-14/h4-8H,1H2,2-3H3,(H3,18,19,20,21). The molecule has 1 aliphatic heterocycles. The van der Waals surface area contributed by atoms with E-state index < -0.39 is 5.82 Å². The number of H-pyrrole nitrogens is 1. The minimum Gasteiger partial charge on any atom is -0.384 e. The molecule has 0 saturated heterocycles. The number of rotatable bonds is 2. The lowest BCUT2D eigenvalue weighted by Crippen LogP contribution is -2.18. The molecule has 3 rings (SSSR count). The molecular formula is C16H16FN5. The normalized spacial score (nSPS) is 16.9. The first-order valence-electron chi connectivity index (χ1n) is 6.78. The highest BCUT2D eigenvalue weighted by molar-refractivity contribution is 5.88. The summed E-state index contributed by atoms with van der Waals surface area (Å²) in [4.78, 5) is 6.25. The fourth-order valence-corrected chi connectivity index (χ4v) is 2.41. The van der Waals surface area contributed by atoms with Crippen molar-refractivity contribution in [3.8, 4) is 0 Å². The number of anilines is 1. The van der Waals surface area contributed by atoms with Crippen LogP contribution in [0.25, 0.3) is 16.6 Å². The molecule has 0 fully saturated rings. The molecule has 3 N–H and O–H groups in total.